The quantitative estimate of drug-likeness (QED) is 0.783. The minimum atomic E-state index is -0.476. The summed E-state index contributed by atoms with van der Waals surface area (Å²) in [6.45, 7) is 2.03. The molecule has 0 radical (unpaired) electrons. The summed E-state index contributed by atoms with van der Waals surface area (Å²) in [7, 11) is 0. The number of nitrogens with one attached hydrogen (secondary N) is 1. The van der Waals surface area contributed by atoms with Gasteiger partial charge in [-0.15, -0.1) is 11.3 Å². The molecule has 3 rings (SSSR count). The maximum Gasteiger partial charge on any atom is 0.357 e. The van der Waals surface area contributed by atoms with E-state index >= 15 is 0 Å². The van der Waals surface area contributed by atoms with Gasteiger partial charge in [-0.2, -0.15) is 0 Å². The third-order valence-corrected chi connectivity index (χ3v) is 5.08. The number of carbonyl (C=O) groups excluding carboxylic acids is 2. The summed E-state index contributed by atoms with van der Waals surface area (Å²) in [5.74, 6) is -0.553. The molecule has 0 aliphatic heterocycles. The van der Waals surface area contributed by atoms with Crippen LogP contribution in [0, 0.1) is 0 Å². The first-order chi connectivity index (χ1) is 11.0. The number of amides is 1. The highest BCUT2D eigenvalue weighted by molar-refractivity contribution is 9.10. The molecule has 1 aliphatic rings. The van der Waals surface area contributed by atoms with E-state index in [0.29, 0.717) is 11.7 Å². The van der Waals surface area contributed by atoms with Gasteiger partial charge in [0.25, 0.3) is 0 Å². The van der Waals surface area contributed by atoms with Crippen molar-refractivity contribution in [1.29, 1.82) is 0 Å². The standard InChI is InChI=1S/C16H15BrN2O3S/c1-2-22-13(20)12-9-23-15(18-12)19-14(21)16(7-8-16)10-3-5-11(17)6-4-10/h3-6,9H,2,7-8H2,1H3,(H,18,19,21). The molecule has 1 fully saturated rings. The van der Waals surface area contributed by atoms with Crippen LogP contribution in [0.15, 0.2) is 34.1 Å². The van der Waals surface area contributed by atoms with Gasteiger partial charge in [-0.25, -0.2) is 9.78 Å². The number of esters is 1. The van der Waals surface area contributed by atoms with Gasteiger partial charge in [0.05, 0.1) is 12.0 Å². The van der Waals surface area contributed by atoms with Crippen LogP contribution in [0.4, 0.5) is 5.13 Å². The van der Waals surface area contributed by atoms with Crippen molar-refractivity contribution in [3.8, 4) is 0 Å². The molecule has 1 saturated carbocycles. The number of ether oxygens (including phenoxy) is 1. The third kappa shape index (κ3) is 3.30. The second kappa shape index (κ2) is 6.41. The normalized spacial score (nSPS) is 15.0. The van der Waals surface area contributed by atoms with E-state index in [9.17, 15) is 9.59 Å². The molecule has 1 heterocycles. The Bertz CT molecular complexity index is 738. The summed E-state index contributed by atoms with van der Waals surface area (Å²) in [5.41, 5.74) is 0.747. The van der Waals surface area contributed by atoms with Crippen LogP contribution in [0.5, 0.6) is 0 Å². The number of anilines is 1. The summed E-state index contributed by atoms with van der Waals surface area (Å²) in [6, 6.07) is 7.79. The zero-order chi connectivity index (χ0) is 16.4. The van der Waals surface area contributed by atoms with Crippen molar-refractivity contribution >= 4 is 44.3 Å². The first-order valence-electron chi connectivity index (χ1n) is 7.25. The minimum absolute atomic E-state index is 0.0791. The second-order valence-electron chi connectivity index (χ2n) is 5.30. The van der Waals surface area contributed by atoms with Gasteiger partial charge in [0.2, 0.25) is 5.91 Å². The molecular formula is C16H15BrN2O3S. The number of halogens is 1. The highest BCUT2D eigenvalue weighted by Crippen LogP contribution is 2.49. The fourth-order valence-corrected chi connectivity index (χ4v) is 3.33. The monoisotopic (exact) mass is 394 g/mol. The first kappa shape index (κ1) is 16.1. The fraction of sp³-hybridized carbons (Fsp3) is 0.312. The van der Waals surface area contributed by atoms with Gasteiger partial charge in [0.15, 0.2) is 10.8 Å². The van der Waals surface area contributed by atoms with Crippen LogP contribution in [0.1, 0.15) is 35.8 Å². The molecule has 120 valence electrons. The Labute approximate surface area is 146 Å². The van der Waals surface area contributed by atoms with Crippen LogP contribution >= 0.6 is 27.3 Å². The Morgan fingerprint density at radius 3 is 2.65 bits per heavy atom. The van der Waals surface area contributed by atoms with Gasteiger partial charge in [-0.1, -0.05) is 28.1 Å². The van der Waals surface area contributed by atoms with Crippen LogP contribution in [-0.2, 0) is 14.9 Å². The lowest BCUT2D eigenvalue weighted by Gasteiger charge is -2.14. The third-order valence-electron chi connectivity index (χ3n) is 3.79. The topological polar surface area (TPSA) is 68.3 Å². The predicted molar refractivity (Wildman–Crippen MR) is 91.8 cm³/mol. The van der Waals surface area contributed by atoms with Crippen molar-refractivity contribution in [1.82, 2.24) is 4.98 Å². The average molecular weight is 395 g/mol. The van der Waals surface area contributed by atoms with Crippen molar-refractivity contribution in [2.75, 3.05) is 11.9 Å². The van der Waals surface area contributed by atoms with E-state index < -0.39 is 11.4 Å². The molecule has 0 unspecified atom stereocenters. The number of benzene rings is 1. The van der Waals surface area contributed by atoms with E-state index in [4.69, 9.17) is 4.74 Å². The highest BCUT2D eigenvalue weighted by atomic mass is 79.9. The number of aromatic nitrogens is 1. The first-order valence-corrected chi connectivity index (χ1v) is 8.92. The molecular weight excluding hydrogens is 380 g/mol. The van der Waals surface area contributed by atoms with Gasteiger partial charge in [-0.3, -0.25) is 4.79 Å². The summed E-state index contributed by atoms with van der Waals surface area (Å²) in [6.07, 6.45) is 1.63. The summed E-state index contributed by atoms with van der Waals surface area (Å²) in [4.78, 5) is 28.3. The molecule has 1 aromatic carbocycles. The number of carbonyl (C=O) groups is 2. The average Bonchev–Trinajstić information content (AvgIpc) is 3.22. The lowest BCUT2D eigenvalue weighted by atomic mass is 9.95. The molecule has 1 N–H and O–H groups in total. The van der Waals surface area contributed by atoms with Gasteiger partial charge in [0.1, 0.15) is 0 Å². The molecule has 23 heavy (non-hydrogen) atoms. The van der Waals surface area contributed by atoms with Crippen LogP contribution < -0.4 is 5.32 Å². The highest BCUT2D eigenvalue weighted by Gasteiger charge is 2.51. The van der Waals surface area contributed by atoms with Crippen LogP contribution in [0.3, 0.4) is 0 Å². The van der Waals surface area contributed by atoms with Crippen LogP contribution in [-0.4, -0.2) is 23.5 Å². The van der Waals surface area contributed by atoms with Gasteiger partial charge < -0.3 is 10.1 Å². The van der Waals surface area contributed by atoms with E-state index in [1.165, 1.54) is 11.3 Å². The maximum absolute atomic E-state index is 12.6. The lowest BCUT2D eigenvalue weighted by Crippen LogP contribution is -2.27. The van der Waals surface area contributed by atoms with Crippen molar-refractivity contribution in [2.45, 2.75) is 25.2 Å². The van der Waals surface area contributed by atoms with E-state index in [-0.39, 0.29) is 11.6 Å². The lowest BCUT2D eigenvalue weighted by molar-refractivity contribution is -0.118. The van der Waals surface area contributed by atoms with E-state index in [1.54, 1.807) is 12.3 Å². The molecule has 0 bridgehead atoms. The number of rotatable bonds is 5. The SMILES string of the molecule is CCOC(=O)c1csc(NC(=O)C2(c3ccc(Br)cc3)CC2)n1. The number of nitrogens with zero attached hydrogens (tertiary/aromatic N) is 1. The summed E-state index contributed by atoms with van der Waals surface area (Å²) < 4.78 is 5.88. The largest absolute Gasteiger partial charge is 0.461 e. The molecule has 7 heteroatoms. The number of thiazole rings is 1. The Hall–Kier alpha value is -1.73. The Morgan fingerprint density at radius 1 is 1.35 bits per heavy atom. The molecule has 1 aliphatic carbocycles. The van der Waals surface area contributed by atoms with Gasteiger partial charge in [-0.05, 0) is 37.5 Å². The van der Waals surface area contributed by atoms with E-state index in [1.807, 2.05) is 24.3 Å². The molecule has 0 saturated heterocycles. The summed E-state index contributed by atoms with van der Waals surface area (Å²) in [5, 5.41) is 4.83. The van der Waals surface area contributed by atoms with Gasteiger partial charge >= 0.3 is 5.97 Å². The molecule has 2 aromatic rings. The maximum atomic E-state index is 12.6. The summed E-state index contributed by atoms with van der Waals surface area (Å²) >= 11 is 4.62. The molecule has 1 aromatic heterocycles. The van der Waals surface area contributed by atoms with Crippen LogP contribution in [0.2, 0.25) is 0 Å². The van der Waals surface area contributed by atoms with Crippen molar-refractivity contribution in [3.05, 3.63) is 45.4 Å². The zero-order valence-corrected chi connectivity index (χ0v) is 14.9. The van der Waals surface area contributed by atoms with E-state index in [0.717, 1.165) is 22.9 Å². The molecule has 0 spiro atoms. The molecule has 0 atom stereocenters. The number of hydrogen-bond acceptors (Lipinski definition) is 5. The Morgan fingerprint density at radius 2 is 2.04 bits per heavy atom. The van der Waals surface area contributed by atoms with Crippen molar-refractivity contribution in [2.24, 2.45) is 0 Å². The van der Waals surface area contributed by atoms with Crippen molar-refractivity contribution in [3.63, 3.8) is 0 Å². The van der Waals surface area contributed by atoms with Crippen LogP contribution in [0.25, 0.3) is 0 Å². The van der Waals surface area contributed by atoms with Crippen molar-refractivity contribution < 1.29 is 14.3 Å². The molecule has 1 amide bonds. The Balaban J connectivity index is 1.72. The predicted octanol–water partition coefficient (Wildman–Crippen LogP) is 3.75. The molecule has 5 nitrogen and oxygen atoms in total. The zero-order valence-electron chi connectivity index (χ0n) is 12.5. The minimum Gasteiger partial charge on any atom is -0.461 e. The van der Waals surface area contributed by atoms with Gasteiger partial charge in [0, 0.05) is 9.85 Å². The fourth-order valence-electron chi connectivity index (χ4n) is 2.39. The van der Waals surface area contributed by atoms with E-state index in [2.05, 4.69) is 26.2 Å². The second-order valence-corrected chi connectivity index (χ2v) is 7.08. The smallest absolute Gasteiger partial charge is 0.357 e. The number of hydrogen-bond donors (Lipinski definition) is 1. The Kier molecular flexibility index (Phi) is 4.50.